The average molecular weight is 346 g/mol. The van der Waals surface area contributed by atoms with Gasteiger partial charge in [-0.2, -0.15) is 0 Å². The molecule has 1 aromatic heterocycles. The van der Waals surface area contributed by atoms with Gasteiger partial charge in [-0.1, -0.05) is 50.1 Å². The number of alkyl halides is 1. The van der Waals surface area contributed by atoms with E-state index in [9.17, 15) is 0 Å². The first-order chi connectivity index (χ1) is 7.18. The summed E-state index contributed by atoms with van der Waals surface area (Å²) in [5, 5.41) is 2.10. The molecule has 0 aliphatic carbocycles. The van der Waals surface area contributed by atoms with Crippen molar-refractivity contribution in [3.8, 4) is 0 Å². The molecular formula is C12H10Br2S. The zero-order chi connectivity index (χ0) is 10.8. The Hall–Kier alpha value is -0.120. The van der Waals surface area contributed by atoms with Crippen molar-refractivity contribution in [3.05, 3.63) is 56.2 Å². The Morgan fingerprint density at radius 3 is 2.67 bits per heavy atom. The standard InChI is InChI=1S/C12H10Br2S/c1-8-4-5-9(7-10(8)13)12(14)11-3-2-6-15-11/h2-7,12H,1H3. The van der Waals surface area contributed by atoms with Crippen LogP contribution in [0.1, 0.15) is 20.8 Å². The fraction of sp³-hybridized carbons (Fsp3) is 0.167. The second-order valence-electron chi connectivity index (χ2n) is 3.39. The molecule has 0 aliphatic rings. The minimum Gasteiger partial charge on any atom is -0.147 e. The van der Waals surface area contributed by atoms with E-state index in [1.54, 1.807) is 11.3 Å². The van der Waals surface area contributed by atoms with Gasteiger partial charge in [0.2, 0.25) is 0 Å². The third kappa shape index (κ3) is 2.52. The first-order valence-electron chi connectivity index (χ1n) is 4.62. The van der Waals surface area contributed by atoms with E-state index < -0.39 is 0 Å². The van der Waals surface area contributed by atoms with Crippen LogP contribution >= 0.6 is 43.2 Å². The van der Waals surface area contributed by atoms with Crippen LogP contribution in [0.4, 0.5) is 0 Å². The van der Waals surface area contributed by atoms with E-state index in [2.05, 4.69) is 74.5 Å². The summed E-state index contributed by atoms with van der Waals surface area (Å²) >= 11 is 9.06. The number of hydrogen-bond donors (Lipinski definition) is 0. The molecule has 0 aliphatic heterocycles. The predicted molar refractivity (Wildman–Crippen MR) is 74.0 cm³/mol. The highest BCUT2D eigenvalue weighted by molar-refractivity contribution is 9.10. The molecule has 0 bridgehead atoms. The Labute approximate surface area is 111 Å². The zero-order valence-electron chi connectivity index (χ0n) is 8.21. The van der Waals surface area contributed by atoms with Gasteiger partial charge >= 0.3 is 0 Å². The van der Waals surface area contributed by atoms with Crippen LogP contribution in [0, 0.1) is 6.92 Å². The molecule has 2 aromatic rings. The highest BCUT2D eigenvalue weighted by Crippen LogP contribution is 2.35. The van der Waals surface area contributed by atoms with Crippen LogP contribution < -0.4 is 0 Å². The van der Waals surface area contributed by atoms with Crippen molar-refractivity contribution >= 4 is 43.2 Å². The monoisotopic (exact) mass is 344 g/mol. The SMILES string of the molecule is Cc1ccc(C(Br)c2cccs2)cc1Br. The van der Waals surface area contributed by atoms with E-state index in [1.165, 1.54) is 20.5 Å². The maximum Gasteiger partial charge on any atom is 0.0738 e. The molecule has 0 nitrogen and oxygen atoms in total. The minimum absolute atomic E-state index is 0.300. The first kappa shape index (κ1) is 11.4. The lowest BCUT2D eigenvalue weighted by atomic mass is 10.1. The molecule has 0 amide bonds. The zero-order valence-corrected chi connectivity index (χ0v) is 12.2. The molecule has 0 saturated carbocycles. The molecule has 0 fully saturated rings. The quantitative estimate of drug-likeness (QED) is 0.647. The van der Waals surface area contributed by atoms with Crippen LogP contribution in [-0.4, -0.2) is 0 Å². The van der Waals surface area contributed by atoms with Gasteiger partial charge in [0.1, 0.15) is 0 Å². The predicted octanol–water partition coefficient (Wildman–Crippen LogP) is 5.30. The van der Waals surface area contributed by atoms with Gasteiger partial charge in [-0.3, -0.25) is 0 Å². The molecule has 15 heavy (non-hydrogen) atoms. The lowest BCUT2D eigenvalue weighted by Gasteiger charge is -2.09. The molecule has 3 heteroatoms. The fourth-order valence-electron chi connectivity index (χ4n) is 1.37. The summed E-state index contributed by atoms with van der Waals surface area (Å²) in [4.78, 5) is 1.64. The van der Waals surface area contributed by atoms with Gasteiger partial charge in [-0.15, -0.1) is 11.3 Å². The summed E-state index contributed by atoms with van der Waals surface area (Å²) in [5.41, 5.74) is 2.56. The molecular weight excluding hydrogens is 336 g/mol. The summed E-state index contributed by atoms with van der Waals surface area (Å²) < 4.78 is 1.17. The summed E-state index contributed by atoms with van der Waals surface area (Å²) in [5.74, 6) is 0. The van der Waals surface area contributed by atoms with E-state index in [1.807, 2.05) is 0 Å². The van der Waals surface area contributed by atoms with Crippen molar-refractivity contribution in [2.24, 2.45) is 0 Å². The van der Waals surface area contributed by atoms with Gasteiger partial charge in [0.05, 0.1) is 4.83 Å². The third-order valence-corrected chi connectivity index (χ3v) is 5.40. The molecule has 1 aromatic carbocycles. The van der Waals surface area contributed by atoms with Crippen LogP contribution in [-0.2, 0) is 0 Å². The van der Waals surface area contributed by atoms with Crippen molar-refractivity contribution in [2.75, 3.05) is 0 Å². The van der Waals surface area contributed by atoms with Gasteiger partial charge in [-0.05, 0) is 35.6 Å². The Bertz CT molecular complexity index is 449. The molecule has 0 N–H and O–H groups in total. The maximum atomic E-state index is 3.72. The summed E-state index contributed by atoms with van der Waals surface area (Å²) in [6, 6.07) is 10.7. The number of halogens is 2. The van der Waals surface area contributed by atoms with E-state index in [0.717, 1.165) is 0 Å². The van der Waals surface area contributed by atoms with Crippen molar-refractivity contribution < 1.29 is 0 Å². The van der Waals surface area contributed by atoms with Crippen molar-refractivity contribution in [1.82, 2.24) is 0 Å². The van der Waals surface area contributed by atoms with Gasteiger partial charge in [-0.25, -0.2) is 0 Å². The van der Waals surface area contributed by atoms with Crippen LogP contribution in [0.5, 0.6) is 0 Å². The number of thiophene rings is 1. The van der Waals surface area contributed by atoms with E-state index in [4.69, 9.17) is 0 Å². The lowest BCUT2D eigenvalue weighted by Crippen LogP contribution is -1.90. The van der Waals surface area contributed by atoms with Gasteiger partial charge in [0.25, 0.3) is 0 Å². The average Bonchev–Trinajstić information content (AvgIpc) is 2.74. The van der Waals surface area contributed by atoms with Crippen LogP contribution in [0.3, 0.4) is 0 Å². The normalized spacial score (nSPS) is 12.7. The lowest BCUT2D eigenvalue weighted by molar-refractivity contribution is 1.21. The molecule has 1 atom stereocenters. The summed E-state index contributed by atoms with van der Waals surface area (Å²) in [7, 11) is 0. The second-order valence-corrected chi connectivity index (χ2v) is 6.14. The largest absolute Gasteiger partial charge is 0.147 e. The minimum atomic E-state index is 0.300. The van der Waals surface area contributed by atoms with Gasteiger partial charge in [0.15, 0.2) is 0 Å². The topological polar surface area (TPSA) is 0 Å². The first-order valence-corrected chi connectivity index (χ1v) is 7.21. The molecule has 78 valence electrons. The van der Waals surface area contributed by atoms with Crippen LogP contribution in [0.2, 0.25) is 0 Å². The van der Waals surface area contributed by atoms with Crippen LogP contribution in [0.25, 0.3) is 0 Å². The molecule has 0 spiro atoms. The van der Waals surface area contributed by atoms with E-state index in [-0.39, 0.29) is 0 Å². The van der Waals surface area contributed by atoms with E-state index >= 15 is 0 Å². The summed E-state index contributed by atoms with van der Waals surface area (Å²) in [6.07, 6.45) is 0. The Kier molecular flexibility index (Phi) is 3.65. The second kappa shape index (κ2) is 4.81. The smallest absolute Gasteiger partial charge is 0.0738 e. The summed E-state index contributed by atoms with van der Waals surface area (Å²) in [6.45, 7) is 2.10. The maximum absolute atomic E-state index is 3.72. The Balaban J connectivity index is 2.34. The van der Waals surface area contributed by atoms with Gasteiger partial charge < -0.3 is 0 Å². The molecule has 0 saturated heterocycles. The molecule has 1 unspecified atom stereocenters. The number of aryl methyl sites for hydroxylation is 1. The number of rotatable bonds is 2. The molecule has 0 radical (unpaired) electrons. The van der Waals surface area contributed by atoms with Crippen molar-refractivity contribution in [3.63, 3.8) is 0 Å². The Morgan fingerprint density at radius 2 is 2.07 bits per heavy atom. The molecule has 2 rings (SSSR count). The van der Waals surface area contributed by atoms with Crippen molar-refractivity contribution in [2.45, 2.75) is 11.8 Å². The number of benzene rings is 1. The molecule has 1 heterocycles. The van der Waals surface area contributed by atoms with E-state index in [0.29, 0.717) is 4.83 Å². The third-order valence-electron chi connectivity index (χ3n) is 2.28. The highest BCUT2D eigenvalue weighted by Gasteiger charge is 2.11. The van der Waals surface area contributed by atoms with Gasteiger partial charge in [0, 0.05) is 9.35 Å². The van der Waals surface area contributed by atoms with Crippen molar-refractivity contribution in [1.29, 1.82) is 0 Å². The van der Waals surface area contributed by atoms with Crippen LogP contribution in [0.15, 0.2) is 40.2 Å². The number of hydrogen-bond acceptors (Lipinski definition) is 1. The fourth-order valence-corrected chi connectivity index (χ4v) is 3.25. The highest BCUT2D eigenvalue weighted by atomic mass is 79.9. The Morgan fingerprint density at radius 1 is 1.27 bits per heavy atom.